The number of rotatable bonds is 6. The minimum absolute atomic E-state index is 0.0242. The first kappa shape index (κ1) is 19.9. The Bertz CT molecular complexity index is 861. The number of carbonyl (C=O) groups is 1. The van der Waals surface area contributed by atoms with Gasteiger partial charge in [-0.3, -0.25) is 9.79 Å². The third kappa shape index (κ3) is 4.53. The lowest BCUT2D eigenvalue weighted by molar-refractivity contribution is 0.100. The molecule has 0 N–H and O–H groups in total. The molecule has 0 atom stereocenters. The second-order valence-electron chi connectivity index (χ2n) is 6.97. The Morgan fingerprint density at radius 1 is 1.04 bits per heavy atom. The van der Waals surface area contributed by atoms with Gasteiger partial charge in [-0.25, -0.2) is 0 Å². The fourth-order valence-electron chi connectivity index (χ4n) is 3.51. The van der Waals surface area contributed by atoms with Gasteiger partial charge in [0.05, 0.1) is 20.8 Å². The fourth-order valence-corrected chi connectivity index (χ4v) is 3.51. The van der Waals surface area contributed by atoms with Gasteiger partial charge in [0.2, 0.25) is 0 Å². The van der Waals surface area contributed by atoms with Crippen molar-refractivity contribution in [3.05, 3.63) is 53.6 Å². The highest BCUT2D eigenvalue weighted by molar-refractivity contribution is 6.07. The minimum Gasteiger partial charge on any atom is -0.493 e. The summed E-state index contributed by atoms with van der Waals surface area (Å²) in [5, 5.41) is 0. The van der Waals surface area contributed by atoms with E-state index in [2.05, 4.69) is 24.0 Å². The van der Waals surface area contributed by atoms with Gasteiger partial charge in [0.25, 0.3) is 0 Å². The van der Waals surface area contributed by atoms with Crippen LogP contribution in [0.2, 0.25) is 0 Å². The van der Waals surface area contributed by atoms with E-state index in [9.17, 15) is 4.79 Å². The Morgan fingerprint density at radius 3 is 2.57 bits per heavy atom. The molecule has 3 rings (SSSR count). The molecule has 0 saturated carbocycles. The number of Topliss-reactive ketones (excluding diaryl/α,β-unsaturated/α-hetero) is 1. The van der Waals surface area contributed by atoms with Crippen molar-refractivity contribution in [3.8, 4) is 11.5 Å². The molecule has 2 aromatic rings. The van der Waals surface area contributed by atoms with Crippen LogP contribution in [0.15, 0.2) is 47.5 Å². The molecule has 0 radical (unpaired) electrons. The maximum atomic E-state index is 13.1. The van der Waals surface area contributed by atoms with Crippen LogP contribution in [-0.2, 0) is 0 Å². The second-order valence-corrected chi connectivity index (χ2v) is 6.97. The average Bonchev–Trinajstić information content (AvgIpc) is 3.01. The summed E-state index contributed by atoms with van der Waals surface area (Å²) in [5.41, 5.74) is 2.77. The van der Waals surface area contributed by atoms with E-state index in [1.807, 2.05) is 12.1 Å². The Labute approximate surface area is 167 Å². The molecule has 5 nitrogen and oxygen atoms in total. The molecule has 2 aromatic carbocycles. The Balaban J connectivity index is 1.92. The molecule has 0 aromatic heterocycles. The van der Waals surface area contributed by atoms with Gasteiger partial charge in [0.15, 0.2) is 17.3 Å². The first-order valence-corrected chi connectivity index (χ1v) is 9.75. The predicted molar refractivity (Wildman–Crippen MR) is 113 cm³/mol. The van der Waals surface area contributed by atoms with Crippen LogP contribution in [0, 0.1) is 6.92 Å². The summed E-state index contributed by atoms with van der Waals surface area (Å²) in [6.45, 7) is 3.14. The van der Waals surface area contributed by atoms with Gasteiger partial charge < -0.3 is 14.4 Å². The summed E-state index contributed by atoms with van der Waals surface area (Å²) >= 11 is 0. The normalized spacial score (nSPS) is 14.0. The summed E-state index contributed by atoms with van der Waals surface area (Å²) in [5.74, 6) is 2.20. The van der Waals surface area contributed by atoms with Gasteiger partial charge in [-0.15, -0.1) is 0 Å². The molecule has 0 spiro atoms. The molecule has 0 aliphatic carbocycles. The third-order valence-corrected chi connectivity index (χ3v) is 5.08. The average molecular weight is 380 g/mol. The minimum atomic E-state index is 0.0242. The third-order valence-electron chi connectivity index (χ3n) is 5.08. The zero-order chi connectivity index (χ0) is 19.9. The lowest BCUT2D eigenvalue weighted by Crippen LogP contribution is -2.36. The van der Waals surface area contributed by atoms with E-state index in [1.54, 1.807) is 32.4 Å². The summed E-state index contributed by atoms with van der Waals surface area (Å²) in [6.07, 6.45) is 4.28. The van der Waals surface area contributed by atoms with Crippen LogP contribution < -0.4 is 14.4 Å². The van der Waals surface area contributed by atoms with Crippen LogP contribution in [0.4, 0.5) is 5.69 Å². The lowest BCUT2D eigenvalue weighted by atomic mass is 10.1. The molecule has 148 valence electrons. The highest BCUT2D eigenvalue weighted by Crippen LogP contribution is 2.29. The molecule has 0 fully saturated rings. The van der Waals surface area contributed by atoms with Crippen LogP contribution in [0.1, 0.15) is 41.6 Å². The Morgan fingerprint density at radius 2 is 1.82 bits per heavy atom. The Hall–Kier alpha value is -2.82. The smallest absolute Gasteiger partial charge is 0.182 e. The van der Waals surface area contributed by atoms with Crippen LogP contribution >= 0.6 is 0 Å². The molecule has 1 aliphatic heterocycles. The van der Waals surface area contributed by atoms with Crippen LogP contribution in [0.5, 0.6) is 11.5 Å². The predicted octanol–water partition coefficient (Wildman–Crippen LogP) is 4.67. The second kappa shape index (κ2) is 9.40. The fraction of sp³-hybridized carbons (Fsp3) is 0.391. The number of amidine groups is 1. The topological polar surface area (TPSA) is 51.1 Å². The van der Waals surface area contributed by atoms with E-state index in [1.165, 1.54) is 6.42 Å². The lowest BCUT2D eigenvalue weighted by Gasteiger charge is -2.27. The zero-order valence-corrected chi connectivity index (χ0v) is 16.9. The van der Waals surface area contributed by atoms with Gasteiger partial charge in [0, 0.05) is 24.2 Å². The molecular formula is C23H28N2O3. The highest BCUT2D eigenvalue weighted by Gasteiger charge is 2.21. The van der Waals surface area contributed by atoms with Crippen LogP contribution in [0.25, 0.3) is 0 Å². The summed E-state index contributed by atoms with van der Waals surface area (Å²) < 4.78 is 10.6. The number of ether oxygens (including phenoxy) is 2. The number of ketones is 1. The number of carbonyl (C=O) groups excluding carboxylic acids is 1. The standard InChI is InChI=1S/C23H28N2O3/c1-17-9-6-7-10-19(17)25(23-11-5-4-8-14-24-23)16-20(26)18-12-13-21(27-2)22(15-18)28-3/h6-7,9-10,12-13,15H,4-5,8,11,14,16H2,1-3H3. The van der Waals surface area contributed by atoms with E-state index < -0.39 is 0 Å². The van der Waals surface area contributed by atoms with Gasteiger partial charge in [0.1, 0.15) is 5.84 Å². The van der Waals surface area contributed by atoms with Crippen molar-refractivity contribution < 1.29 is 14.3 Å². The molecule has 0 amide bonds. The largest absolute Gasteiger partial charge is 0.493 e. The van der Waals surface area contributed by atoms with Gasteiger partial charge >= 0.3 is 0 Å². The molecule has 28 heavy (non-hydrogen) atoms. The van der Waals surface area contributed by atoms with E-state index in [-0.39, 0.29) is 12.3 Å². The summed E-state index contributed by atoms with van der Waals surface area (Å²) in [6, 6.07) is 13.5. The van der Waals surface area contributed by atoms with Crippen molar-refractivity contribution in [2.24, 2.45) is 4.99 Å². The van der Waals surface area contributed by atoms with Crippen molar-refractivity contribution in [1.29, 1.82) is 0 Å². The molecule has 1 heterocycles. The number of aryl methyl sites for hydroxylation is 1. The first-order valence-electron chi connectivity index (χ1n) is 9.75. The van der Waals surface area contributed by atoms with E-state index in [4.69, 9.17) is 14.5 Å². The summed E-state index contributed by atoms with van der Waals surface area (Å²) in [7, 11) is 3.16. The van der Waals surface area contributed by atoms with Crippen LogP contribution in [-0.4, -0.2) is 38.9 Å². The monoisotopic (exact) mass is 380 g/mol. The number of nitrogens with zero attached hydrogens (tertiary/aromatic N) is 2. The van der Waals surface area contributed by atoms with Crippen LogP contribution in [0.3, 0.4) is 0 Å². The van der Waals surface area contributed by atoms with Crippen molar-refractivity contribution in [2.75, 3.05) is 32.2 Å². The van der Waals surface area contributed by atoms with Gasteiger partial charge in [-0.1, -0.05) is 24.6 Å². The zero-order valence-electron chi connectivity index (χ0n) is 16.9. The number of hydrogen-bond acceptors (Lipinski definition) is 5. The first-order chi connectivity index (χ1) is 13.6. The number of methoxy groups -OCH3 is 2. The van der Waals surface area contributed by atoms with Gasteiger partial charge in [-0.05, 0) is 49.6 Å². The molecule has 0 saturated heterocycles. The highest BCUT2D eigenvalue weighted by atomic mass is 16.5. The molecule has 1 aliphatic rings. The molecular weight excluding hydrogens is 352 g/mol. The van der Waals surface area contributed by atoms with Crippen molar-refractivity contribution in [3.63, 3.8) is 0 Å². The summed E-state index contributed by atoms with van der Waals surface area (Å²) in [4.78, 5) is 20.0. The Kier molecular flexibility index (Phi) is 6.69. The molecule has 0 unspecified atom stereocenters. The molecule has 0 bridgehead atoms. The number of hydrogen-bond donors (Lipinski definition) is 0. The number of aliphatic imine (C=N–C) groups is 1. The van der Waals surface area contributed by atoms with Crippen molar-refractivity contribution in [1.82, 2.24) is 0 Å². The van der Waals surface area contributed by atoms with E-state index in [0.717, 1.165) is 42.9 Å². The maximum absolute atomic E-state index is 13.1. The van der Waals surface area contributed by atoms with Crippen molar-refractivity contribution in [2.45, 2.75) is 32.6 Å². The number of para-hydroxylation sites is 1. The molecule has 5 heteroatoms. The van der Waals surface area contributed by atoms with E-state index in [0.29, 0.717) is 17.1 Å². The van der Waals surface area contributed by atoms with E-state index >= 15 is 0 Å². The number of benzene rings is 2. The van der Waals surface area contributed by atoms with Gasteiger partial charge in [-0.2, -0.15) is 0 Å². The SMILES string of the molecule is COc1ccc(C(=O)CN(C2=NCCCCC2)c2ccccc2C)cc1OC. The maximum Gasteiger partial charge on any atom is 0.182 e. The van der Waals surface area contributed by atoms with Crippen molar-refractivity contribution >= 4 is 17.3 Å². The quantitative estimate of drug-likeness (QED) is 0.683. The number of anilines is 1.